The SMILES string of the molecule is CC/C=C\C/C=C\C/C=C\C/C=C\CCCCCCCOCC(COC1OC(CO)C(O)C(OS(=O)(=O)O)C1O)OC(=O)CCCCCCCC/C=C\C/C=C\C/C=C\CCCCCCC. The summed E-state index contributed by atoms with van der Waals surface area (Å²) in [6, 6.07) is 0. The maximum Gasteiger partial charge on any atom is 0.397 e. The Morgan fingerprint density at radius 1 is 0.591 bits per heavy atom. The fraction of sp³-hybridized carbons (Fsp3) is 0.717. The van der Waals surface area contributed by atoms with Crippen LogP contribution in [-0.4, -0.2) is 97.5 Å². The van der Waals surface area contributed by atoms with E-state index in [0.29, 0.717) is 13.0 Å². The van der Waals surface area contributed by atoms with Crippen LogP contribution in [0.25, 0.3) is 0 Å². The van der Waals surface area contributed by atoms with E-state index in [4.69, 9.17) is 18.9 Å². The zero-order valence-electron chi connectivity index (χ0n) is 40.7. The maximum atomic E-state index is 12.9. The van der Waals surface area contributed by atoms with E-state index in [1.165, 1.54) is 38.5 Å². The summed E-state index contributed by atoms with van der Waals surface area (Å²) in [5, 5.41) is 30.7. The van der Waals surface area contributed by atoms with Gasteiger partial charge in [-0.15, -0.1) is 0 Å². The molecule has 1 heterocycles. The summed E-state index contributed by atoms with van der Waals surface area (Å²) in [4.78, 5) is 12.9. The second kappa shape index (κ2) is 43.6. The molecule has 4 N–H and O–H groups in total. The molecule has 0 aliphatic carbocycles. The minimum Gasteiger partial charge on any atom is -0.457 e. The summed E-state index contributed by atoms with van der Waals surface area (Å²) in [6.07, 6.45) is 48.9. The monoisotopic (exact) mass is 951 g/mol. The third kappa shape index (κ3) is 36.3. The van der Waals surface area contributed by atoms with Crippen LogP contribution in [-0.2, 0) is 38.3 Å². The molecule has 1 aliphatic heterocycles. The molecule has 12 nitrogen and oxygen atoms in total. The van der Waals surface area contributed by atoms with Crippen molar-refractivity contribution < 1.29 is 56.2 Å². The molecule has 0 spiro atoms. The number of esters is 1. The van der Waals surface area contributed by atoms with Crippen LogP contribution in [0.5, 0.6) is 0 Å². The van der Waals surface area contributed by atoms with E-state index in [0.717, 1.165) is 116 Å². The Balaban J connectivity index is 2.41. The van der Waals surface area contributed by atoms with E-state index in [-0.39, 0.29) is 19.6 Å². The number of ether oxygens (including phenoxy) is 4. The van der Waals surface area contributed by atoms with Crippen molar-refractivity contribution in [3.05, 3.63) is 85.1 Å². The van der Waals surface area contributed by atoms with Gasteiger partial charge < -0.3 is 34.3 Å². The standard InChI is InChI=1S/C53H90O12S/c1-3-5-7-9-11-13-15-17-19-21-23-24-25-26-28-30-32-34-36-38-40-42-49(55)63-47(46-62-53-51(57)52(65-66(58,59)60)50(56)48(44-54)64-53)45-61-43-41-39-37-35-33-31-29-27-22-20-18-16-14-12-10-8-6-4-2/h6,8,12,14-15,17-18,20-21,23,25-27,29,47-48,50-54,56-57H,3-5,7,9-11,13,16,19,22,24,28,30-46H2,1-2H3,(H,58,59,60)/b8-6-,14-12-,17-15-,20-18-,23-21-,26-25-,29-27-. The number of carbonyl (C=O) groups is 1. The Bertz CT molecular complexity index is 1470. The van der Waals surface area contributed by atoms with E-state index in [9.17, 15) is 33.1 Å². The molecule has 66 heavy (non-hydrogen) atoms. The highest BCUT2D eigenvalue weighted by Gasteiger charge is 2.48. The van der Waals surface area contributed by atoms with Crippen molar-refractivity contribution in [1.29, 1.82) is 0 Å². The number of aliphatic hydroxyl groups excluding tert-OH is 3. The smallest absolute Gasteiger partial charge is 0.397 e. The van der Waals surface area contributed by atoms with Crippen LogP contribution in [0.4, 0.5) is 0 Å². The van der Waals surface area contributed by atoms with E-state index >= 15 is 0 Å². The molecule has 6 unspecified atom stereocenters. The molecule has 380 valence electrons. The van der Waals surface area contributed by atoms with E-state index < -0.39 is 59.8 Å². The van der Waals surface area contributed by atoms with Crippen molar-refractivity contribution in [2.45, 2.75) is 218 Å². The van der Waals surface area contributed by atoms with Crippen LogP contribution < -0.4 is 0 Å². The van der Waals surface area contributed by atoms with Crippen LogP contribution in [0.1, 0.15) is 181 Å². The molecule has 0 radical (unpaired) electrons. The highest BCUT2D eigenvalue weighted by Crippen LogP contribution is 2.26. The molecule has 1 rings (SSSR count). The lowest BCUT2D eigenvalue weighted by Crippen LogP contribution is -2.60. The Kier molecular flexibility index (Phi) is 40.4. The van der Waals surface area contributed by atoms with Crippen molar-refractivity contribution >= 4 is 16.4 Å². The maximum absolute atomic E-state index is 12.9. The zero-order valence-corrected chi connectivity index (χ0v) is 41.5. The number of allylic oxidation sites excluding steroid dienone is 14. The molecule has 1 aliphatic rings. The number of rotatable bonds is 43. The van der Waals surface area contributed by atoms with Gasteiger partial charge >= 0.3 is 16.4 Å². The van der Waals surface area contributed by atoms with Gasteiger partial charge in [0.2, 0.25) is 0 Å². The predicted octanol–water partition coefficient (Wildman–Crippen LogP) is 11.6. The fourth-order valence-electron chi connectivity index (χ4n) is 7.20. The highest BCUT2D eigenvalue weighted by molar-refractivity contribution is 7.80. The van der Waals surface area contributed by atoms with Crippen molar-refractivity contribution in [2.75, 3.05) is 26.4 Å². The number of unbranched alkanes of at least 4 members (excludes halogenated alkanes) is 16. The molecule has 1 saturated heterocycles. The zero-order chi connectivity index (χ0) is 48.2. The number of aliphatic hydroxyl groups is 3. The van der Waals surface area contributed by atoms with Crippen LogP contribution in [0, 0.1) is 0 Å². The number of hydrogen-bond acceptors (Lipinski definition) is 11. The van der Waals surface area contributed by atoms with E-state index in [1.807, 2.05) is 0 Å². The minimum absolute atomic E-state index is 0.0127. The van der Waals surface area contributed by atoms with Gasteiger partial charge in [-0.25, -0.2) is 4.18 Å². The Morgan fingerprint density at radius 2 is 1.05 bits per heavy atom. The molecule has 0 aromatic rings. The summed E-state index contributed by atoms with van der Waals surface area (Å²) in [5.74, 6) is -0.421. The molecule has 1 fully saturated rings. The van der Waals surface area contributed by atoms with Crippen molar-refractivity contribution in [3.63, 3.8) is 0 Å². The first-order valence-electron chi connectivity index (χ1n) is 25.3. The third-order valence-electron chi connectivity index (χ3n) is 11.0. The second-order valence-electron chi connectivity index (χ2n) is 17.0. The van der Waals surface area contributed by atoms with Gasteiger partial charge in [0.05, 0.1) is 19.8 Å². The van der Waals surface area contributed by atoms with Gasteiger partial charge in [0.15, 0.2) is 6.29 Å². The summed E-state index contributed by atoms with van der Waals surface area (Å²) in [5.41, 5.74) is 0. The summed E-state index contributed by atoms with van der Waals surface area (Å²) in [6.45, 7) is 3.80. The quantitative estimate of drug-likeness (QED) is 0.0197. The van der Waals surface area contributed by atoms with Gasteiger partial charge in [0, 0.05) is 13.0 Å². The lowest BCUT2D eigenvalue weighted by atomic mass is 9.99. The molecule has 0 amide bonds. The Morgan fingerprint density at radius 3 is 1.53 bits per heavy atom. The molecule has 13 heteroatoms. The third-order valence-corrected chi connectivity index (χ3v) is 11.5. The van der Waals surface area contributed by atoms with Gasteiger partial charge in [-0.1, -0.05) is 170 Å². The summed E-state index contributed by atoms with van der Waals surface area (Å²) in [7, 11) is -5.07. The topological polar surface area (TPSA) is 178 Å². The lowest BCUT2D eigenvalue weighted by Gasteiger charge is -2.41. The first-order valence-corrected chi connectivity index (χ1v) is 26.7. The van der Waals surface area contributed by atoms with Gasteiger partial charge in [-0.2, -0.15) is 8.42 Å². The highest BCUT2D eigenvalue weighted by atomic mass is 32.3. The van der Waals surface area contributed by atoms with Gasteiger partial charge in [0.25, 0.3) is 0 Å². The van der Waals surface area contributed by atoms with Crippen LogP contribution in [0.2, 0.25) is 0 Å². The van der Waals surface area contributed by atoms with Crippen LogP contribution in [0.15, 0.2) is 85.1 Å². The normalized spacial score (nSPS) is 20.2. The Labute approximate surface area is 400 Å². The van der Waals surface area contributed by atoms with Gasteiger partial charge in [-0.05, 0) is 89.9 Å². The molecule has 6 atom stereocenters. The number of carbonyl (C=O) groups excluding carboxylic acids is 1. The van der Waals surface area contributed by atoms with Crippen molar-refractivity contribution in [2.24, 2.45) is 0 Å². The largest absolute Gasteiger partial charge is 0.457 e. The van der Waals surface area contributed by atoms with Gasteiger partial charge in [-0.3, -0.25) is 9.35 Å². The van der Waals surface area contributed by atoms with E-state index in [2.05, 4.69) is 103 Å². The minimum atomic E-state index is -5.07. The molecular weight excluding hydrogens is 861 g/mol. The molecular formula is C53H90O12S. The average molecular weight is 951 g/mol. The molecule has 0 bridgehead atoms. The van der Waals surface area contributed by atoms with Crippen LogP contribution >= 0.6 is 0 Å². The molecule has 0 aromatic heterocycles. The first kappa shape index (κ1) is 61.3. The van der Waals surface area contributed by atoms with Gasteiger partial charge in [0.1, 0.15) is 30.5 Å². The van der Waals surface area contributed by atoms with Crippen LogP contribution in [0.3, 0.4) is 0 Å². The van der Waals surface area contributed by atoms with E-state index in [1.54, 1.807) is 0 Å². The second-order valence-corrected chi connectivity index (χ2v) is 18.1. The summed E-state index contributed by atoms with van der Waals surface area (Å²) >= 11 is 0. The number of hydrogen-bond donors (Lipinski definition) is 4. The van der Waals surface area contributed by atoms with Crippen molar-refractivity contribution in [1.82, 2.24) is 0 Å². The first-order chi connectivity index (χ1) is 32.1. The summed E-state index contributed by atoms with van der Waals surface area (Å²) < 4.78 is 59.2. The molecule has 0 saturated carbocycles. The fourth-order valence-corrected chi connectivity index (χ4v) is 7.71. The molecule has 0 aromatic carbocycles. The Hall–Kier alpha value is -2.72. The van der Waals surface area contributed by atoms with Crippen molar-refractivity contribution in [3.8, 4) is 0 Å². The predicted molar refractivity (Wildman–Crippen MR) is 266 cm³/mol. The average Bonchev–Trinajstić information content (AvgIpc) is 3.29. The lowest BCUT2D eigenvalue weighted by molar-refractivity contribution is -0.301.